The molecular formula is C13H21ClN2. The minimum Gasteiger partial charge on any atom is -0.305 e. The Kier molecular flexibility index (Phi) is 6.12. The van der Waals surface area contributed by atoms with Gasteiger partial charge in [0.15, 0.2) is 0 Å². The van der Waals surface area contributed by atoms with Crippen molar-refractivity contribution < 1.29 is 0 Å². The molecule has 1 aromatic rings. The average molecular weight is 241 g/mol. The second-order valence-corrected chi connectivity index (χ2v) is 4.72. The van der Waals surface area contributed by atoms with Crippen molar-refractivity contribution in [2.75, 3.05) is 0 Å². The van der Waals surface area contributed by atoms with Crippen molar-refractivity contribution >= 4 is 18.6 Å². The monoisotopic (exact) mass is 240 g/mol. The van der Waals surface area contributed by atoms with Crippen LogP contribution in [0.15, 0.2) is 29.4 Å². The summed E-state index contributed by atoms with van der Waals surface area (Å²) >= 11 is 0. The van der Waals surface area contributed by atoms with Crippen molar-refractivity contribution in [2.24, 2.45) is 5.10 Å². The molecule has 0 aromatic heterocycles. The first-order valence-corrected chi connectivity index (χ1v) is 5.40. The van der Waals surface area contributed by atoms with Crippen LogP contribution >= 0.6 is 12.4 Å². The van der Waals surface area contributed by atoms with Crippen molar-refractivity contribution in [3.63, 3.8) is 0 Å². The molecule has 0 fully saturated rings. The van der Waals surface area contributed by atoms with Crippen LogP contribution in [0.5, 0.6) is 0 Å². The third-order valence-electron chi connectivity index (χ3n) is 2.00. The number of hydrogen-bond donors (Lipinski definition) is 1. The smallest absolute Gasteiger partial charge is 0.0540 e. The van der Waals surface area contributed by atoms with Crippen LogP contribution in [0.1, 0.15) is 38.8 Å². The van der Waals surface area contributed by atoms with E-state index in [1.54, 1.807) is 0 Å². The Bertz CT molecular complexity index is 323. The zero-order valence-electron chi connectivity index (χ0n) is 10.4. The van der Waals surface area contributed by atoms with Crippen molar-refractivity contribution in [3.05, 3.63) is 35.4 Å². The Balaban J connectivity index is 0.00000225. The van der Waals surface area contributed by atoms with Gasteiger partial charge in [-0.25, -0.2) is 0 Å². The van der Waals surface area contributed by atoms with Crippen LogP contribution in [0, 0.1) is 0 Å². The van der Waals surface area contributed by atoms with Gasteiger partial charge in [-0.05, 0) is 38.3 Å². The minimum absolute atomic E-state index is 0. The summed E-state index contributed by atoms with van der Waals surface area (Å²) in [4.78, 5) is 0. The summed E-state index contributed by atoms with van der Waals surface area (Å²) in [5, 5.41) is 4.19. The molecule has 1 N–H and O–H groups in total. The van der Waals surface area contributed by atoms with Crippen molar-refractivity contribution in [2.45, 2.75) is 39.7 Å². The van der Waals surface area contributed by atoms with E-state index in [1.807, 2.05) is 6.21 Å². The Labute approximate surface area is 105 Å². The highest BCUT2D eigenvalue weighted by atomic mass is 35.5. The lowest BCUT2D eigenvalue weighted by Gasteiger charge is -2.16. The largest absolute Gasteiger partial charge is 0.305 e. The molecule has 90 valence electrons. The van der Waals surface area contributed by atoms with E-state index >= 15 is 0 Å². The van der Waals surface area contributed by atoms with Crippen LogP contribution in [0.2, 0.25) is 0 Å². The Morgan fingerprint density at radius 1 is 1.19 bits per heavy atom. The zero-order chi connectivity index (χ0) is 11.3. The molecule has 0 aliphatic rings. The number of hydrazone groups is 1. The molecule has 0 atom stereocenters. The maximum Gasteiger partial charge on any atom is 0.0540 e. The fourth-order valence-corrected chi connectivity index (χ4v) is 1.14. The summed E-state index contributed by atoms with van der Waals surface area (Å²) in [6.07, 6.45) is 2.93. The van der Waals surface area contributed by atoms with Gasteiger partial charge in [0.05, 0.1) is 6.21 Å². The van der Waals surface area contributed by atoms with Gasteiger partial charge in [0, 0.05) is 5.54 Å². The van der Waals surface area contributed by atoms with Crippen LogP contribution in [0.4, 0.5) is 0 Å². The number of halogens is 1. The highest BCUT2D eigenvalue weighted by molar-refractivity contribution is 5.85. The average Bonchev–Trinajstić information content (AvgIpc) is 2.17. The molecule has 1 rings (SSSR count). The van der Waals surface area contributed by atoms with Gasteiger partial charge < -0.3 is 5.43 Å². The molecule has 1 aromatic carbocycles. The molecule has 0 aliphatic heterocycles. The predicted molar refractivity (Wildman–Crippen MR) is 73.6 cm³/mol. The third-order valence-corrected chi connectivity index (χ3v) is 2.00. The summed E-state index contributed by atoms with van der Waals surface area (Å²) < 4.78 is 0. The van der Waals surface area contributed by atoms with Crippen LogP contribution in [-0.2, 0) is 6.42 Å². The summed E-state index contributed by atoms with van der Waals surface area (Å²) in [6, 6.07) is 8.45. The minimum atomic E-state index is 0. The van der Waals surface area contributed by atoms with Crippen LogP contribution in [0.25, 0.3) is 0 Å². The SMILES string of the molecule is CCc1ccc(/C=N/NC(C)(C)C)cc1.Cl. The zero-order valence-corrected chi connectivity index (χ0v) is 11.3. The number of nitrogens with zero attached hydrogens (tertiary/aromatic N) is 1. The second kappa shape index (κ2) is 6.54. The highest BCUT2D eigenvalue weighted by Gasteiger charge is 2.05. The molecule has 0 amide bonds. The van der Waals surface area contributed by atoms with Crippen molar-refractivity contribution in [3.8, 4) is 0 Å². The number of benzene rings is 1. The standard InChI is InChI=1S/C13H20N2.ClH/c1-5-11-6-8-12(9-7-11)10-14-15-13(2,3)4;/h6-10,15H,5H2,1-4H3;1H/b14-10+;. The van der Waals surface area contributed by atoms with Gasteiger partial charge in [0.2, 0.25) is 0 Å². The molecule has 0 aliphatic carbocycles. The molecule has 0 spiro atoms. The number of aryl methyl sites for hydroxylation is 1. The fourth-order valence-electron chi connectivity index (χ4n) is 1.14. The highest BCUT2D eigenvalue weighted by Crippen LogP contribution is 2.03. The maximum absolute atomic E-state index is 4.19. The molecule has 0 unspecified atom stereocenters. The van der Waals surface area contributed by atoms with Crippen molar-refractivity contribution in [1.29, 1.82) is 0 Å². The normalized spacial score (nSPS) is 11.2. The van der Waals surface area contributed by atoms with E-state index in [1.165, 1.54) is 5.56 Å². The molecule has 0 saturated heterocycles. The molecule has 0 heterocycles. The van der Waals surface area contributed by atoms with E-state index in [0.29, 0.717) is 0 Å². The van der Waals surface area contributed by atoms with Crippen molar-refractivity contribution in [1.82, 2.24) is 5.43 Å². The quantitative estimate of drug-likeness (QED) is 0.636. The number of nitrogens with one attached hydrogen (secondary N) is 1. The maximum atomic E-state index is 4.19. The molecular weight excluding hydrogens is 220 g/mol. The van der Waals surface area contributed by atoms with E-state index < -0.39 is 0 Å². The Morgan fingerprint density at radius 3 is 2.19 bits per heavy atom. The van der Waals surface area contributed by atoms with Gasteiger partial charge in [-0.2, -0.15) is 5.10 Å². The topological polar surface area (TPSA) is 24.4 Å². The van der Waals surface area contributed by atoms with E-state index in [9.17, 15) is 0 Å². The van der Waals surface area contributed by atoms with Gasteiger partial charge >= 0.3 is 0 Å². The van der Waals surface area contributed by atoms with Gasteiger partial charge in [-0.3, -0.25) is 0 Å². The van der Waals surface area contributed by atoms with Gasteiger partial charge in [-0.15, -0.1) is 12.4 Å². The number of hydrogen-bond acceptors (Lipinski definition) is 2. The van der Waals surface area contributed by atoms with E-state index in [2.05, 4.69) is 62.5 Å². The lowest BCUT2D eigenvalue weighted by atomic mass is 10.1. The Hall–Kier alpha value is -1.02. The summed E-state index contributed by atoms with van der Waals surface area (Å²) in [5.74, 6) is 0. The van der Waals surface area contributed by atoms with Crippen LogP contribution in [0.3, 0.4) is 0 Å². The molecule has 0 saturated carbocycles. The van der Waals surface area contributed by atoms with Gasteiger partial charge in [0.25, 0.3) is 0 Å². The molecule has 0 bridgehead atoms. The molecule has 3 heteroatoms. The predicted octanol–water partition coefficient (Wildman–Crippen LogP) is 3.39. The molecule has 16 heavy (non-hydrogen) atoms. The molecule has 0 radical (unpaired) electrons. The van der Waals surface area contributed by atoms with Gasteiger partial charge in [0.1, 0.15) is 0 Å². The summed E-state index contributed by atoms with van der Waals surface area (Å²) in [5.41, 5.74) is 5.58. The summed E-state index contributed by atoms with van der Waals surface area (Å²) in [7, 11) is 0. The first kappa shape index (κ1) is 15.0. The van der Waals surface area contributed by atoms with Gasteiger partial charge in [-0.1, -0.05) is 31.2 Å². The van der Waals surface area contributed by atoms with Crippen LogP contribution in [-0.4, -0.2) is 11.8 Å². The van der Waals surface area contributed by atoms with E-state index in [-0.39, 0.29) is 17.9 Å². The fraction of sp³-hybridized carbons (Fsp3) is 0.462. The lowest BCUT2D eigenvalue weighted by Crippen LogP contribution is -2.31. The van der Waals surface area contributed by atoms with E-state index in [0.717, 1.165) is 12.0 Å². The number of rotatable bonds is 3. The Morgan fingerprint density at radius 2 is 1.75 bits per heavy atom. The van der Waals surface area contributed by atoms with Crippen LogP contribution < -0.4 is 5.43 Å². The third kappa shape index (κ3) is 5.76. The first-order chi connectivity index (χ1) is 7.01. The second-order valence-electron chi connectivity index (χ2n) is 4.72. The lowest BCUT2D eigenvalue weighted by molar-refractivity contribution is 0.442. The first-order valence-electron chi connectivity index (χ1n) is 5.40. The summed E-state index contributed by atoms with van der Waals surface area (Å²) in [6.45, 7) is 8.42. The molecule has 2 nitrogen and oxygen atoms in total. The van der Waals surface area contributed by atoms with E-state index in [4.69, 9.17) is 0 Å².